The van der Waals surface area contributed by atoms with Crippen LogP contribution in [0.25, 0.3) is 0 Å². The Morgan fingerprint density at radius 3 is 2.18 bits per heavy atom. The fourth-order valence-electron chi connectivity index (χ4n) is 3.43. The lowest BCUT2D eigenvalue weighted by Crippen LogP contribution is -2.35. The predicted octanol–water partition coefficient (Wildman–Crippen LogP) is 5.79. The van der Waals surface area contributed by atoms with E-state index in [1.807, 2.05) is 29.2 Å². The van der Waals surface area contributed by atoms with Gasteiger partial charge in [-0.3, -0.25) is 0 Å². The maximum atomic E-state index is 12.9. The fourth-order valence-corrected chi connectivity index (χ4v) is 3.43. The fraction of sp³-hybridized carbons (Fsp3) is 0.318. The van der Waals surface area contributed by atoms with E-state index in [0.29, 0.717) is 12.3 Å². The predicted molar refractivity (Wildman–Crippen MR) is 102 cm³/mol. The van der Waals surface area contributed by atoms with E-state index in [4.69, 9.17) is 0 Å². The molecule has 1 unspecified atom stereocenters. The van der Waals surface area contributed by atoms with Crippen molar-refractivity contribution in [2.24, 2.45) is 0 Å². The third kappa shape index (κ3) is 4.21. The molecule has 1 atom stereocenters. The molecule has 148 valence electrons. The second kappa shape index (κ2) is 7.70. The SMILES string of the molecule is CC(C)c1ccc(N2CC(C(=O)O)=CCC2c2ccc(C(F)(F)F)cc2)cc1. The Kier molecular flexibility index (Phi) is 5.49. The molecule has 6 heteroatoms. The van der Waals surface area contributed by atoms with Gasteiger partial charge in [0.1, 0.15) is 0 Å². The summed E-state index contributed by atoms with van der Waals surface area (Å²) in [6.45, 7) is 4.38. The molecule has 0 fully saturated rings. The van der Waals surface area contributed by atoms with Crippen LogP contribution in [0.1, 0.15) is 48.9 Å². The summed E-state index contributed by atoms with van der Waals surface area (Å²) in [7, 11) is 0. The molecule has 3 nitrogen and oxygen atoms in total. The molecule has 0 bridgehead atoms. The Morgan fingerprint density at radius 1 is 1.07 bits per heavy atom. The summed E-state index contributed by atoms with van der Waals surface area (Å²) in [5.74, 6) is -0.606. The maximum absolute atomic E-state index is 12.9. The molecule has 0 amide bonds. The van der Waals surface area contributed by atoms with Gasteiger partial charge in [0, 0.05) is 5.69 Å². The molecule has 0 aromatic heterocycles. The smallest absolute Gasteiger partial charge is 0.416 e. The van der Waals surface area contributed by atoms with Gasteiger partial charge in [-0.1, -0.05) is 44.2 Å². The van der Waals surface area contributed by atoms with Gasteiger partial charge in [0.15, 0.2) is 0 Å². The highest BCUT2D eigenvalue weighted by Gasteiger charge is 2.32. The minimum Gasteiger partial charge on any atom is -0.478 e. The van der Waals surface area contributed by atoms with Crippen LogP contribution >= 0.6 is 0 Å². The van der Waals surface area contributed by atoms with E-state index in [1.54, 1.807) is 6.08 Å². The van der Waals surface area contributed by atoms with Gasteiger partial charge in [0.05, 0.1) is 23.7 Å². The molecule has 2 aromatic carbocycles. The molecule has 28 heavy (non-hydrogen) atoms. The second-order valence-electron chi connectivity index (χ2n) is 7.28. The number of anilines is 1. The van der Waals surface area contributed by atoms with Gasteiger partial charge in [-0.15, -0.1) is 0 Å². The van der Waals surface area contributed by atoms with Crippen LogP contribution in [0, 0.1) is 0 Å². The molecule has 1 N–H and O–H groups in total. The van der Waals surface area contributed by atoms with Crippen molar-refractivity contribution in [3.8, 4) is 0 Å². The van der Waals surface area contributed by atoms with Crippen LogP contribution in [-0.2, 0) is 11.0 Å². The number of rotatable bonds is 4. The molecule has 0 aliphatic carbocycles. The summed E-state index contributed by atoms with van der Waals surface area (Å²) in [5.41, 5.74) is 2.33. The molecule has 1 heterocycles. The highest BCUT2D eigenvalue weighted by Crippen LogP contribution is 2.36. The zero-order valence-electron chi connectivity index (χ0n) is 15.7. The molecule has 0 radical (unpaired) electrons. The van der Waals surface area contributed by atoms with E-state index in [1.165, 1.54) is 17.7 Å². The normalized spacial score (nSPS) is 17.6. The van der Waals surface area contributed by atoms with Gasteiger partial charge in [0.2, 0.25) is 0 Å². The van der Waals surface area contributed by atoms with E-state index in [-0.39, 0.29) is 18.2 Å². The number of hydrogen-bond donors (Lipinski definition) is 1. The molecular formula is C22H22F3NO2. The van der Waals surface area contributed by atoms with Gasteiger partial charge in [-0.05, 0) is 47.7 Å². The second-order valence-corrected chi connectivity index (χ2v) is 7.28. The van der Waals surface area contributed by atoms with E-state index in [2.05, 4.69) is 13.8 Å². The number of halogens is 3. The molecule has 0 saturated carbocycles. The van der Waals surface area contributed by atoms with Crippen LogP contribution in [-0.4, -0.2) is 17.6 Å². The topological polar surface area (TPSA) is 40.5 Å². The number of carboxylic acid groups (broad SMARTS) is 1. The van der Waals surface area contributed by atoms with Gasteiger partial charge < -0.3 is 10.0 Å². The summed E-state index contributed by atoms with van der Waals surface area (Å²) in [5, 5.41) is 9.38. The van der Waals surface area contributed by atoms with Gasteiger partial charge in [0.25, 0.3) is 0 Å². The molecule has 0 saturated heterocycles. The lowest BCUT2D eigenvalue weighted by Gasteiger charge is -2.37. The zero-order chi connectivity index (χ0) is 20.5. The summed E-state index contributed by atoms with van der Waals surface area (Å²) >= 11 is 0. The first-order valence-corrected chi connectivity index (χ1v) is 9.13. The third-order valence-corrected chi connectivity index (χ3v) is 5.09. The molecular weight excluding hydrogens is 367 g/mol. The number of carboxylic acids is 1. The van der Waals surface area contributed by atoms with E-state index in [9.17, 15) is 23.1 Å². The standard InChI is InChI=1S/C22H22F3NO2/c1-14(2)15-5-10-19(11-6-15)26-13-17(21(27)28)7-12-20(26)16-3-8-18(9-4-16)22(23,24)25/h3-11,14,20H,12-13H2,1-2H3,(H,27,28). The first-order chi connectivity index (χ1) is 13.2. The van der Waals surface area contributed by atoms with Crippen LogP contribution < -0.4 is 4.90 Å². The highest BCUT2D eigenvalue weighted by atomic mass is 19.4. The van der Waals surface area contributed by atoms with E-state index < -0.39 is 17.7 Å². The zero-order valence-corrected chi connectivity index (χ0v) is 15.7. The maximum Gasteiger partial charge on any atom is 0.416 e. The number of carbonyl (C=O) groups is 1. The summed E-state index contributed by atoms with van der Waals surface area (Å²) in [6.07, 6.45) is -2.31. The molecule has 0 spiro atoms. The van der Waals surface area contributed by atoms with Crippen LogP contribution in [0.3, 0.4) is 0 Å². The monoisotopic (exact) mass is 389 g/mol. The van der Waals surface area contributed by atoms with Gasteiger partial charge in [-0.25, -0.2) is 4.79 Å². The number of hydrogen-bond acceptors (Lipinski definition) is 2. The van der Waals surface area contributed by atoms with Crippen molar-refractivity contribution in [2.75, 3.05) is 11.4 Å². The Labute approximate surface area is 162 Å². The quantitative estimate of drug-likeness (QED) is 0.719. The van der Waals surface area contributed by atoms with Crippen molar-refractivity contribution in [3.05, 3.63) is 76.9 Å². The molecule has 1 aliphatic rings. The van der Waals surface area contributed by atoms with Crippen molar-refractivity contribution < 1.29 is 23.1 Å². The lowest BCUT2D eigenvalue weighted by atomic mass is 9.94. The Balaban J connectivity index is 1.96. The first-order valence-electron chi connectivity index (χ1n) is 9.13. The Hall–Kier alpha value is -2.76. The summed E-state index contributed by atoms with van der Waals surface area (Å²) in [4.78, 5) is 13.4. The van der Waals surface area contributed by atoms with Crippen molar-refractivity contribution >= 4 is 11.7 Å². The minimum absolute atomic E-state index is 0.196. The lowest BCUT2D eigenvalue weighted by molar-refractivity contribution is -0.137. The van der Waals surface area contributed by atoms with Crippen LogP contribution in [0.2, 0.25) is 0 Å². The first kappa shape index (κ1) is 20.0. The summed E-state index contributed by atoms with van der Waals surface area (Å²) < 4.78 is 38.6. The van der Waals surface area contributed by atoms with Crippen molar-refractivity contribution in [3.63, 3.8) is 0 Å². The van der Waals surface area contributed by atoms with Gasteiger partial charge in [-0.2, -0.15) is 13.2 Å². The van der Waals surface area contributed by atoms with Crippen LogP contribution in [0.4, 0.5) is 18.9 Å². The Bertz CT molecular complexity index is 868. The largest absolute Gasteiger partial charge is 0.478 e. The Morgan fingerprint density at radius 2 is 1.68 bits per heavy atom. The van der Waals surface area contributed by atoms with Crippen molar-refractivity contribution in [1.82, 2.24) is 0 Å². The average molecular weight is 389 g/mol. The number of aliphatic carboxylic acids is 1. The van der Waals surface area contributed by atoms with Crippen molar-refractivity contribution in [2.45, 2.75) is 38.4 Å². The highest BCUT2D eigenvalue weighted by molar-refractivity contribution is 5.88. The average Bonchev–Trinajstić information content (AvgIpc) is 2.67. The van der Waals surface area contributed by atoms with Crippen LogP contribution in [0.5, 0.6) is 0 Å². The van der Waals surface area contributed by atoms with E-state index >= 15 is 0 Å². The third-order valence-electron chi connectivity index (χ3n) is 5.09. The van der Waals surface area contributed by atoms with Gasteiger partial charge >= 0.3 is 12.1 Å². The number of benzene rings is 2. The number of alkyl halides is 3. The summed E-state index contributed by atoms with van der Waals surface area (Å²) in [6, 6.07) is 12.8. The van der Waals surface area contributed by atoms with E-state index in [0.717, 1.165) is 23.4 Å². The molecule has 1 aliphatic heterocycles. The minimum atomic E-state index is -4.38. The number of nitrogens with zero attached hydrogens (tertiary/aromatic N) is 1. The van der Waals surface area contributed by atoms with Crippen LogP contribution in [0.15, 0.2) is 60.2 Å². The van der Waals surface area contributed by atoms with Crippen molar-refractivity contribution in [1.29, 1.82) is 0 Å². The molecule has 3 rings (SSSR count). The molecule has 2 aromatic rings.